The van der Waals surface area contributed by atoms with Gasteiger partial charge >= 0.3 is 0 Å². The van der Waals surface area contributed by atoms with Crippen LogP contribution in [-0.2, 0) is 4.89 Å². The standard InChI is InChI=1S/C2H6O2.H3N/c1-2-4-3;/h3H,2H2,1H3;1H3. The van der Waals surface area contributed by atoms with Crippen molar-refractivity contribution < 1.29 is 10.1 Å². The highest BCUT2D eigenvalue weighted by Crippen LogP contribution is 1.51. The van der Waals surface area contributed by atoms with Crippen LogP contribution in [0.4, 0.5) is 0 Å². The van der Waals surface area contributed by atoms with E-state index in [0.29, 0.717) is 6.61 Å². The van der Waals surface area contributed by atoms with E-state index in [4.69, 9.17) is 5.26 Å². The quantitative estimate of drug-likeness (QED) is 0.358. The zero-order chi connectivity index (χ0) is 3.41. The van der Waals surface area contributed by atoms with Crippen LogP contribution in [0, 0.1) is 0 Å². The zero-order valence-electron chi connectivity index (χ0n) is 3.27. The van der Waals surface area contributed by atoms with Gasteiger partial charge in [-0.2, -0.15) is 0 Å². The molecule has 0 rings (SSSR count). The van der Waals surface area contributed by atoms with Crippen LogP contribution in [0.2, 0.25) is 0 Å². The molecule has 0 saturated heterocycles. The Balaban J connectivity index is 0. The maximum atomic E-state index is 7.38. The van der Waals surface area contributed by atoms with Crippen LogP contribution >= 0.6 is 0 Å². The lowest BCUT2D eigenvalue weighted by Gasteiger charge is -1.73. The van der Waals surface area contributed by atoms with Crippen molar-refractivity contribution in [2.75, 3.05) is 6.61 Å². The van der Waals surface area contributed by atoms with Crippen molar-refractivity contribution in [1.82, 2.24) is 6.15 Å². The van der Waals surface area contributed by atoms with Gasteiger partial charge in [0.2, 0.25) is 0 Å². The molecule has 3 heteroatoms. The maximum absolute atomic E-state index is 7.38. The van der Waals surface area contributed by atoms with E-state index in [1.54, 1.807) is 6.92 Å². The second-order valence-corrected chi connectivity index (χ2v) is 0.418. The van der Waals surface area contributed by atoms with Gasteiger partial charge in [0.15, 0.2) is 0 Å². The van der Waals surface area contributed by atoms with E-state index >= 15 is 0 Å². The highest BCUT2D eigenvalue weighted by Gasteiger charge is 1.54. The predicted octanol–water partition coefficient (Wildman–Crippen LogP) is 0.658. The first-order chi connectivity index (χ1) is 1.91. The van der Waals surface area contributed by atoms with E-state index in [2.05, 4.69) is 4.89 Å². The van der Waals surface area contributed by atoms with E-state index in [9.17, 15) is 0 Å². The SMILES string of the molecule is CCOO.N. The Morgan fingerprint density at radius 2 is 2.00 bits per heavy atom. The molecule has 0 aliphatic carbocycles. The summed E-state index contributed by atoms with van der Waals surface area (Å²) in [6, 6.07) is 0. The molecule has 0 bridgehead atoms. The molecule has 0 atom stereocenters. The summed E-state index contributed by atoms with van der Waals surface area (Å²) in [6.45, 7) is 2.08. The lowest BCUT2D eigenvalue weighted by molar-refractivity contribution is -0.237. The molecule has 0 heterocycles. The van der Waals surface area contributed by atoms with Gasteiger partial charge < -0.3 is 6.15 Å². The smallest absolute Gasteiger partial charge is 0.0791 e. The van der Waals surface area contributed by atoms with Crippen LogP contribution in [0.15, 0.2) is 0 Å². The van der Waals surface area contributed by atoms with E-state index in [1.165, 1.54) is 0 Å². The normalized spacial score (nSPS) is 6.00. The highest BCUT2D eigenvalue weighted by molar-refractivity contribution is 3.88. The van der Waals surface area contributed by atoms with Crippen LogP contribution in [-0.4, -0.2) is 11.9 Å². The summed E-state index contributed by atoms with van der Waals surface area (Å²) < 4.78 is 0. The molecule has 0 saturated carbocycles. The van der Waals surface area contributed by atoms with Crippen LogP contribution in [0.5, 0.6) is 0 Å². The molecular weight excluding hydrogens is 70.0 g/mol. The van der Waals surface area contributed by atoms with E-state index in [-0.39, 0.29) is 6.15 Å². The minimum atomic E-state index is 0. The van der Waals surface area contributed by atoms with Crippen molar-refractivity contribution in [3.05, 3.63) is 0 Å². The third-order valence-electron chi connectivity index (χ3n) is 0.129. The summed E-state index contributed by atoms with van der Waals surface area (Å²) >= 11 is 0. The highest BCUT2D eigenvalue weighted by atomic mass is 17.1. The number of rotatable bonds is 1. The number of hydrogen-bond acceptors (Lipinski definition) is 3. The van der Waals surface area contributed by atoms with E-state index in [1.807, 2.05) is 0 Å². The van der Waals surface area contributed by atoms with Crippen molar-refractivity contribution in [2.45, 2.75) is 6.92 Å². The lowest BCUT2D eigenvalue weighted by atomic mass is 10.9. The fourth-order valence-electron chi connectivity index (χ4n) is 0. The summed E-state index contributed by atoms with van der Waals surface area (Å²) in [5.74, 6) is 0. The average Bonchev–Trinajstić information content (AvgIpc) is 1.37. The van der Waals surface area contributed by atoms with Crippen molar-refractivity contribution in [3.63, 3.8) is 0 Å². The molecule has 0 aromatic heterocycles. The Morgan fingerprint density at radius 3 is 2.00 bits per heavy atom. The molecule has 0 aliphatic rings. The molecule has 0 spiro atoms. The Morgan fingerprint density at radius 1 is 1.80 bits per heavy atom. The topological polar surface area (TPSA) is 64.5 Å². The largest absolute Gasteiger partial charge is 0.344 e. The minimum absolute atomic E-state index is 0. The van der Waals surface area contributed by atoms with Crippen LogP contribution < -0.4 is 6.15 Å². The third-order valence-corrected chi connectivity index (χ3v) is 0.129. The van der Waals surface area contributed by atoms with Crippen molar-refractivity contribution in [1.29, 1.82) is 0 Å². The lowest BCUT2D eigenvalue weighted by Crippen LogP contribution is -1.74. The first-order valence-electron chi connectivity index (χ1n) is 1.18. The van der Waals surface area contributed by atoms with Gasteiger partial charge in [-0.25, -0.2) is 4.89 Å². The average molecular weight is 79.1 g/mol. The molecule has 34 valence electrons. The molecule has 0 aromatic carbocycles. The molecule has 5 heavy (non-hydrogen) atoms. The Hall–Kier alpha value is -0.120. The summed E-state index contributed by atoms with van der Waals surface area (Å²) in [7, 11) is 0. The van der Waals surface area contributed by atoms with Gasteiger partial charge in [0.05, 0.1) is 6.61 Å². The second-order valence-electron chi connectivity index (χ2n) is 0.418. The molecule has 0 radical (unpaired) electrons. The molecule has 0 aliphatic heterocycles. The van der Waals surface area contributed by atoms with E-state index < -0.39 is 0 Å². The summed E-state index contributed by atoms with van der Waals surface area (Å²) in [4.78, 5) is 3.54. The summed E-state index contributed by atoms with van der Waals surface area (Å²) in [6.07, 6.45) is 0. The molecular formula is C2H9NO2. The second kappa shape index (κ2) is 9.11. The molecule has 0 unspecified atom stereocenters. The van der Waals surface area contributed by atoms with Crippen LogP contribution in [0.3, 0.4) is 0 Å². The van der Waals surface area contributed by atoms with Gasteiger partial charge in [-0.15, -0.1) is 0 Å². The van der Waals surface area contributed by atoms with Gasteiger partial charge in [0.25, 0.3) is 0 Å². The number of hydrogen-bond donors (Lipinski definition) is 2. The fraction of sp³-hybridized carbons (Fsp3) is 1.00. The molecule has 0 fully saturated rings. The Bertz CT molecular complexity index is 9.61. The van der Waals surface area contributed by atoms with Crippen molar-refractivity contribution in [3.8, 4) is 0 Å². The molecule has 3 nitrogen and oxygen atoms in total. The first kappa shape index (κ1) is 8.86. The van der Waals surface area contributed by atoms with E-state index in [0.717, 1.165) is 0 Å². The predicted molar refractivity (Wildman–Crippen MR) is 19.3 cm³/mol. The van der Waals surface area contributed by atoms with Crippen LogP contribution in [0.1, 0.15) is 6.92 Å². The fourth-order valence-corrected chi connectivity index (χ4v) is 0. The monoisotopic (exact) mass is 79.1 g/mol. The van der Waals surface area contributed by atoms with Crippen molar-refractivity contribution in [2.24, 2.45) is 0 Å². The first-order valence-corrected chi connectivity index (χ1v) is 1.18. The van der Waals surface area contributed by atoms with Gasteiger partial charge in [0.1, 0.15) is 0 Å². The molecule has 0 aromatic rings. The van der Waals surface area contributed by atoms with Gasteiger partial charge in [-0.1, -0.05) is 0 Å². The third kappa shape index (κ3) is 17.7. The van der Waals surface area contributed by atoms with Crippen molar-refractivity contribution >= 4 is 0 Å². The minimum Gasteiger partial charge on any atom is -0.344 e. The zero-order valence-corrected chi connectivity index (χ0v) is 3.27. The summed E-state index contributed by atoms with van der Waals surface area (Å²) in [5, 5.41) is 7.38. The van der Waals surface area contributed by atoms with Gasteiger partial charge in [-0.3, -0.25) is 5.26 Å². The van der Waals surface area contributed by atoms with Crippen LogP contribution in [0.25, 0.3) is 0 Å². The van der Waals surface area contributed by atoms with Gasteiger partial charge in [0, 0.05) is 0 Å². The summed E-state index contributed by atoms with van der Waals surface area (Å²) in [5.41, 5.74) is 0. The van der Waals surface area contributed by atoms with Gasteiger partial charge in [-0.05, 0) is 6.92 Å². The maximum Gasteiger partial charge on any atom is 0.0791 e. The Kier molecular flexibility index (Phi) is 16.1. The molecule has 0 amide bonds. The Labute approximate surface area is 31.1 Å². The molecule has 4 N–H and O–H groups in total.